The molecule has 1 heterocycles. The molecule has 7 nitrogen and oxygen atoms in total. The predicted molar refractivity (Wildman–Crippen MR) is 126 cm³/mol. The van der Waals surface area contributed by atoms with Gasteiger partial charge < -0.3 is 21.5 Å². The van der Waals surface area contributed by atoms with Crippen molar-refractivity contribution in [1.29, 1.82) is 0 Å². The molecule has 0 saturated carbocycles. The van der Waals surface area contributed by atoms with Crippen molar-refractivity contribution >= 4 is 50.2 Å². The lowest BCUT2D eigenvalue weighted by Gasteiger charge is -2.12. The maximum atomic E-state index is 12.3. The van der Waals surface area contributed by atoms with Crippen LogP contribution in [-0.2, 0) is 0 Å². The highest BCUT2D eigenvalue weighted by Crippen LogP contribution is 2.30. The second-order valence-electron chi connectivity index (χ2n) is 6.86. The number of amides is 1. The molecule has 1 amide bonds. The van der Waals surface area contributed by atoms with Crippen molar-refractivity contribution in [2.45, 2.75) is 0 Å². The molecule has 0 saturated heterocycles. The van der Waals surface area contributed by atoms with Crippen LogP contribution in [0.2, 0.25) is 0 Å². The molecule has 4 rings (SSSR count). The van der Waals surface area contributed by atoms with Gasteiger partial charge >= 0.3 is 0 Å². The van der Waals surface area contributed by atoms with Crippen molar-refractivity contribution in [2.24, 2.45) is 0 Å². The van der Waals surface area contributed by atoms with Crippen LogP contribution in [0.25, 0.3) is 22.0 Å². The van der Waals surface area contributed by atoms with E-state index in [0.717, 1.165) is 26.7 Å². The van der Waals surface area contributed by atoms with E-state index in [1.165, 1.54) is 0 Å². The molecule has 1 aromatic heterocycles. The quantitative estimate of drug-likeness (QED) is 0.332. The van der Waals surface area contributed by atoms with Gasteiger partial charge in [0.2, 0.25) is 5.95 Å². The zero-order valence-electron chi connectivity index (χ0n) is 16.5. The SMILES string of the molecule is Nc1nc(Nc2cccc(Br)c2)c2cc(-c3cccc(C(=O)NCCO)c3)ccc2n1. The molecular formula is C23H20BrN5O2. The zero-order valence-corrected chi connectivity index (χ0v) is 18.1. The Morgan fingerprint density at radius 1 is 1.00 bits per heavy atom. The van der Waals surface area contributed by atoms with Crippen LogP contribution in [0.15, 0.2) is 71.2 Å². The largest absolute Gasteiger partial charge is 0.395 e. The first-order chi connectivity index (χ1) is 15.0. The Labute approximate surface area is 187 Å². The van der Waals surface area contributed by atoms with Crippen LogP contribution in [0.3, 0.4) is 0 Å². The minimum Gasteiger partial charge on any atom is -0.395 e. The summed E-state index contributed by atoms with van der Waals surface area (Å²) in [5.74, 6) is 0.546. The maximum Gasteiger partial charge on any atom is 0.251 e. The number of fused-ring (bicyclic) bond motifs is 1. The lowest BCUT2D eigenvalue weighted by molar-refractivity contribution is 0.0945. The molecule has 0 unspecified atom stereocenters. The number of benzene rings is 3. The number of nitrogens with two attached hydrogens (primary N) is 1. The van der Waals surface area contributed by atoms with E-state index in [-0.39, 0.29) is 25.0 Å². The van der Waals surface area contributed by atoms with Crippen molar-refractivity contribution in [3.63, 3.8) is 0 Å². The topological polar surface area (TPSA) is 113 Å². The fraction of sp³-hybridized carbons (Fsp3) is 0.0870. The first-order valence-corrected chi connectivity index (χ1v) is 10.4. The van der Waals surface area contributed by atoms with E-state index in [9.17, 15) is 4.79 Å². The van der Waals surface area contributed by atoms with Gasteiger partial charge in [0.05, 0.1) is 12.1 Å². The molecule has 156 valence electrons. The number of anilines is 3. The van der Waals surface area contributed by atoms with Crippen LogP contribution < -0.4 is 16.4 Å². The van der Waals surface area contributed by atoms with Gasteiger partial charge in [-0.2, -0.15) is 4.98 Å². The average Bonchev–Trinajstić information content (AvgIpc) is 2.77. The lowest BCUT2D eigenvalue weighted by atomic mass is 10.0. The number of hydrogen-bond acceptors (Lipinski definition) is 6. The van der Waals surface area contributed by atoms with Crippen LogP contribution in [0.4, 0.5) is 17.5 Å². The number of aliphatic hydroxyl groups excluding tert-OH is 1. The van der Waals surface area contributed by atoms with Gasteiger partial charge in [0, 0.05) is 27.7 Å². The summed E-state index contributed by atoms with van der Waals surface area (Å²) in [6.07, 6.45) is 0. The fourth-order valence-corrected chi connectivity index (χ4v) is 3.63. The van der Waals surface area contributed by atoms with Gasteiger partial charge in [0.25, 0.3) is 5.91 Å². The highest BCUT2D eigenvalue weighted by atomic mass is 79.9. The Morgan fingerprint density at radius 3 is 2.61 bits per heavy atom. The van der Waals surface area contributed by atoms with Gasteiger partial charge in [-0.05, 0) is 53.6 Å². The molecule has 4 aromatic rings. The number of nitrogens with one attached hydrogen (secondary N) is 2. The van der Waals surface area contributed by atoms with Gasteiger partial charge in [-0.3, -0.25) is 4.79 Å². The van der Waals surface area contributed by atoms with Crippen LogP contribution >= 0.6 is 15.9 Å². The van der Waals surface area contributed by atoms with Crippen LogP contribution in [0, 0.1) is 0 Å². The Hall–Kier alpha value is -3.49. The zero-order chi connectivity index (χ0) is 21.8. The third-order valence-corrected chi connectivity index (χ3v) is 5.15. The van der Waals surface area contributed by atoms with E-state index < -0.39 is 0 Å². The number of nitrogens with zero attached hydrogens (tertiary/aromatic N) is 2. The molecule has 0 radical (unpaired) electrons. The number of rotatable bonds is 6. The minimum atomic E-state index is -0.232. The number of nitrogen functional groups attached to an aromatic ring is 1. The van der Waals surface area contributed by atoms with Gasteiger partial charge in [-0.1, -0.05) is 40.2 Å². The Balaban J connectivity index is 1.74. The molecule has 0 fully saturated rings. The number of aliphatic hydroxyl groups is 1. The Morgan fingerprint density at radius 2 is 1.81 bits per heavy atom. The Bertz CT molecular complexity index is 1260. The summed E-state index contributed by atoms with van der Waals surface area (Å²) in [5.41, 5.74) is 9.80. The second-order valence-corrected chi connectivity index (χ2v) is 7.77. The summed E-state index contributed by atoms with van der Waals surface area (Å²) < 4.78 is 0.945. The number of carbonyl (C=O) groups excluding carboxylic acids is 1. The van der Waals surface area contributed by atoms with Crippen LogP contribution in [0.5, 0.6) is 0 Å². The minimum absolute atomic E-state index is 0.104. The summed E-state index contributed by atoms with van der Waals surface area (Å²) in [7, 11) is 0. The number of carbonyl (C=O) groups is 1. The van der Waals surface area contributed by atoms with Crippen molar-refractivity contribution in [3.8, 4) is 11.1 Å². The molecule has 0 aliphatic rings. The molecule has 5 N–H and O–H groups in total. The lowest BCUT2D eigenvalue weighted by Crippen LogP contribution is -2.26. The van der Waals surface area contributed by atoms with E-state index in [1.54, 1.807) is 6.07 Å². The van der Waals surface area contributed by atoms with E-state index in [4.69, 9.17) is 10.8 Å². The molecule has 31 heavy (non-hydrogen) atoms. The summed E-state index contributed by atoms with van der Waals surface area (Å²) in [6, 6.07) is 20.9. The Kier molecular flexibility index (Phi) is 6.11. The normalized spacial score (nSPS) is 10.8. The van der Waals surface area contributed by atoms with Crippen molar-refractivity contribution in [1.82, 2.24) is 15.3 Å². The van der Waals surface area contributed by atoms with Gasteiger partial charge in [0.15, 0.2) is 0 Å². The molecule has 0 atom stereocenters. The van der Waals surface area contributed by atoms with Crippen molar-refractivity contribution in [3.05, 3.63) is 76.8 Å². The number of aromatic nitrogens is 2. The average molecular weight is 478 g/mol. The molecule has 0 spiro atoms. The third-order valence-electron chi connectivity index (χ3n) is 4.66. The smallest absolute Gasteiger partial charge is 0.251 e. The van der Waals surface area contributed by atoms with E-state index in [2.05, 4.69) is 36.5 Å². The summed E-state index contributed by atoms with van der Waals surface area (Å²) in [6.45, 7) is 0.107. The second kappa shape index (κ2) is 9.11. The monoisotopic (exact) mass is 477 g/mol. The molecule has 3 aromatic carbocycles. The molecular weight excluding hydrogens is 458 g/mol. The summed E-state index contributed by atoms with van der Waals surface area (Å²) >= 11 is 3.47. The van der Waals surface area contributed by atoms with E-state index >= 15 is 0 Å². The summed E-state index contributed by atoms with van der Waals surface area (Å²) in [4.78, 5) is 21.0. The van der Waals surface area contributed by atoms with E-state index in [1.807, 2.05) is 60.7 Å². The first-order valence-electron chi connectivity index (χ1n) is 9.63. The van der Waals surface area contributed by atoms with Gasteiger partial charge in [-0.25, -0.2) is 4.98 Å². The number of hydrogen-bond donors (Lipinski definition) is 4. The fourth-order valence-electron chi connectivity index (χ4n) is 3.24. The number of halogens is 1. The predicted octanol–water partition coefficient (Wildman–Crippen LogP) is 4.11. The standard InChI is InChI=1S/C23H20BrN5O2/c24-17-5-2-6-18(13-17)27-21-19-12-15(7-8-20(19)28-23(25)29-21)14-3-1-4-16(11-14)22(31)26-9-10-30/h1-8,11-13,30H,9-10H2,(H,26,31)(H3,25,27,28,29). The maximum absolute atomic E-state index is 12.3. The molecule has 8 heteroatoms. The van der Waals surface area contributed by atoms with E-state index in [0.29, 0.717) is 16.9 Å². The molecule has 0 bridgehead atoms. The van der Waals surface area contributed by atoms with Crippen LogP contribution in [-0.4, -0.2) is 34.1 Å². The van der Waals surface area contributed by atoms with Crippen molar-refractivity contribution < 1.29 is 9.90 Å². The van der Waals surface area contributed by atoms with Crippen LogP contribution in [0.1, 0.15) is 10.4 Å². The van der Waals surface area contributed by atoms with Crippen molar-refractivity contribution in [2.75, 3.05) is 24.2 Å². The highest BCUT2D eigenvalue weighted by Gasteiger charge is 2.11. The molecule has 0 aliphatic heterocycles. The highest BCUT2D eigenvalue weighted by molar-refractivity contribution is 9.10. The molecule has 0 aliphatic carbocycles. The first kappa shape index (κ1) is 20.8. The van der Waals surface area contributed by atoms with Gasteiger partial charge in [0.1, 0.15) is 5.82 Å². The third kappa shape index (κ3) is 4.82. The van der Waals surface area contributed by atoms with Gasteiger partial charge in [-0.15, -0.1) is 0 Å². The summed E-state index contributed by atoms with van der Waals surface area (Å²) in [5, 5.41) is 15.7.